The van der Waals surface area contributed by atoms with Crippen molar-refractivity contribution in [2.75, 3.05) is 19.8 Å². The SMILES string of the molecule is O=C(COC(=O)COc1cccc(F)c1)NC(=O)NCCC1=CCCCC1. The first-order valence-electron chi connectivity index (χ1n) is 8.82. The summed E-state index contributed by atoms with van der Waals surface area (Å²) >= 11 is 0. The van der Waals surface area contributed by atoms with Crippen molar-refractivity contribution >= 4 is 17.9 Å². The van der Waals surface area contributed by atoms with Gasteiger partial charge in [-0.2, -0.15) is 0 Å². The van der Waals surface area contributed by atoms with Crippen LogP contribution in [0.15, 0.2) is 35.9 Å². The van der Waals surface area contributed by atoms with Crippen LogP contribution in [0.4, 0.5) is 9.18 Å². The first-order chi connectivity index (χ1) is 13.0. The van der Waals surface area contributed by atoms with Crippen LogP contribution in [0.5, 0.6) is 5.75 Å². The normalized spacial score (nSPS) is 13.3. The second-order valence-electron chi connectivity index (χ2n) is 6.07. The van der Waals surface area contributed by atoms with E-state index >= 15 is 0 Å². The average Bonchev–Trinajstić information content (AvgIpc) is 2.65. The van der Waals surface area contributed by atoms with E-state index in [0.29, 0.717) is 6.54 Å². The van der Waals surface area contributed by atoms with E-state index in [-0.39, 0.29) is 5.75 Å². The zero-order valence-electron chi connectivity index (χ0n) is 15.0. The van der Waals surface area contributed by atoms with E-state index in [4.69, 9.17) is 9.47 Å². The maximum atomic E-state index is 13.0. The monoisotopic (exact) mass is 378 g/mol. The Balaban J connectivity index is 1.57. The van der Waals surface area contributed by atoms with Gasteiger partial charge in [0.1, 0.15) is 11.6 Å². The molecule has 2 rings (SSSR count). The molecule has 0 aliphatic heterocycles. The van der Waals surface area contributed by atoms with Crippen molar-refractivity contribution in [2.45, 2.75) is 32.1 Å². The van der Waals surface area contributed by atoms with Crippen LogP contribution in [0.3, 0.4) is 0 Å². The summed E-state index contributed by atoms with van der Waals surface area (Å²) in [5.41, 5.74) is 1.32. The molecule has 1 aliphatic carbocycles. The van der Waals surface area contributed by atoms with Gasteiger partial charge in [-0.25, -0.2) is 14.0 Å². The summed E-state index contributed by atoms with van der Waals surface area (Å²) in [5, 5.41) is 4.67. The van der Waals surface area contributed by atoms with Crippen LogP contribution >= 0.6 is 0 Å². The number of nitrogens with one attached hydrogen (secondary N) is 2. The molecule has 0 spiro atoms. The largest absolute Gasteiger partial charge is 0.482 e. The highest BCUT2D eigenvalue weighted by atomic mass is 19.1. The van der Waals surface area contributed by atoms with Gasteiger partial charge in [-0.15, -0.1) is 0 Å². The molecule has 0 fully saturated rings. The summed E-state index contributed by atoms with van der Waals surface area (Å²) in [6.07, 6.45) is 7.46. The number of urea groups is 1. The van der Waals surface area contributed by atoms with Crippen LogP contribution in [0, 0.1) is 5.82 Å². The Morgan fingerprint density at radius 1 is 1.15 bits per heavy atom. The van der Waals surface area contributed by atoms with Crippen LogP contribution in [-0.2, 0) is 14.3 Å². The van der Waals surface area contributed by atoms with Gasteiger partial charge >= 0.3 is 12.0 Å². The molecule has 0 saturated carbocycles. The Bertz CT molecular complexity index is 705. The van der Waals surface area contributed by atoms with Crippen LogP contribution < -0.4 is 15.4 Å². The van der Waals surface area contributed by atoms with E-state index < -0.39 is 36.9 Å². The second kappa shape index (κ2) is 10.9. The Kier molecular flexibility index (Phi) is 8.28. The molecule has 1 aliphatic rings. The lowest BCUT2D eigenvalue weighted by molar-refractivity contribution is -0.150. The number of carbonyl (C=O) groups is 3. The van der Waals surface area contributed by atoms with Gasteiger partial charge in [-0.3, -0.25) is 10.1 Å². The molecule has 27 heavy (non-hydrogen) atoms. The molecule has 8 heteroatoms. The minimum Gasteiger partial charge on any atom is -0.482 e. The van der Waals surface area contributed by atoms with Crippen molar-refractivity contribution in [1.82, 2.24) is 10.6 Å². The third-order valence-corrected chi connectivity index (χ3v) is 3.89. The Hall–Kier alpha value is -2.90. The molecular weight excluding hydrogens is 355 g/mol. The lowest BCUT2D eigenvalue weighted by Gasteiger charge is -2.13. The van der Waals surface area contributed by atoms with Crippen molar-refractivity contribution < 1.29 is 28.2 Å². The van der Waals surface area contributed by atoms with E-state index in [2.05, 4.69) is 16.7 Å². The van der Waals surface area contributed by atoms with Crippen LogP contribution in [0.25, 0.3) is 0 Å². The third-order valence-electron chi connectivity index (χ3n) is 3.89. The first-order valence-corrected chi connectivity index (χ1v) is 8.82. The highest BCUT2D eigenvalue weighted by Crippen LogP contribution is 2.19. The Morgan fingerprint density at radius 3 is 2.74 bits per heavy atom. The Morgan fingerprint density at radius 2 is 2.00 bits per heavy atom. The fourth-order valence-electron chi connectivity index (χ4n) is 2.56. The topological polar surface area (TPSA) is 93.7 Å². The van der Waals surface area contributed by atoms with Crippen LogP contribution in [0.2, 0.25) is 0 Å². The van der Waals surface area contributed by atoms with Gasteiger partial charge in [0, 0.05) is 12.6 Å². The second-order valence-corrected chi connectivity index (χ2v) is 6.07. The number of hydrogen-bond acceptors (Lipinski definition) is 5. The molecule has 0 bridgehead atoms. The van der Waals surface area contributed by atoms with E-state index in [1.165, 1.54) is 36.6 Å². The zero-order valence-corrected chi connectivity index (χ0v) is 15.0. The van der Waals surface area contributed by atoms with Crippen molar-refractivity contribution in [2.24, 2.45) is 0 Å². The lowest BCUT2D eigenvalue weighted by atomic mass is 9.97. The number of rotatable bonds is 8. The van der Waals surface area contributed by atoms with Gasteiger partial charge in [-0.05, 0) is 44.2 Å². The first kappa shape index (κ1) is 20.4. The maximum Gasteiger partial charge on any atom is 0.344 e. The van der Waals surface area contributed by atoms with E-state index in [0.717, 1.165) is 25.3 Å². The fourth-order valence-corrected chi connectivity index (χ4v) is 2.56. The predicted molar refractivity (Wildman–Crippen MR) is 95.6 cm³/mol. The predicted octanol–water partition coefficient (Wildman–Crippen LogP) is 2.46. The number of imide groups is 1. The van der Waals surface area contributed by atoms with Gasteiger partial charge in [-0.1, -0.05) is 17.7 Å². The molecule has 0 unspecified atom stereocenters. The van der Waals surface area contributed by atoms with Crippen molar-refractivity contribution in [1.29, 1.82) is 0 Å². The number of ether oxygens (including phenoxy) is 2. The average molecular weight is 378 g/mol. The summed E-state index contributed by atoms with van der Waals surface area (Å²) in [6, 6.07) is 4.65. The highest BCUT2D eigenvalue weighted by Gasteiger charge is 2.12. The molecule has 146 valence electrons. The highest BCUT2D eigenvalue weighted by molar-refractivity contribution is 5.95. The summed E-state index contributed by atoms with van der Waals surface area (Å²) in [4.78, 5) is 34.7. The summed E-state index contributed by atoms with van der Waals surface area (Å²) < 4.78 is 22.7. The molecule has 0 radical (unpaired) electrons. The number of halogens is 1. The standard InChI is InChI=1S/C19H23FN2O5/c20-15-7-4-8-16(11-15)26-13-18(24)27-12-17(23)22-19(25)21-10-9-14-5-2-1-3-6-14/h4-5,7-8,11H,1-3,6,9-10,12-13H2,(H2,21,22,23,25). The van der Waals surface area contributed by atoms with E-state index in [1.54, 1.807) is 0 Å². The number of amides is 3. The minimum atomic E-state index is -0.806. The molecule has 0 saturated heterocycles. The Labute approximate surface area is 156 Å². The number of esters is 1. The van der Waals surface area contributed by atoms with Gasteiger partial charge in [0.2, 0.25) is 0 Å². The van der Waals surface area contributed by atoms with Crippen molar-refractivity contribution in [3.05, 3.63) is 41.7 Å². The summed E-state index contributed by atoms with van der Waals surface area (Å²) in [6.45, 7) is -0.645. The van der Waals surface area contributed by atoms with Crippen LogP contribution in [0.1, 0.15) is 32.1 Å². The lowest BCUT2D eigenvalue weighted by Crippen LogP contribution is -2.42. The smallest absolute Gasteiger partial charge is 0.344 e. The minimum absolute atomic E-state index is 0.170. The van der Waals surface area contributed by atoms with E-state index in [9.17, 15) is 18.8 Å². The number of hydrogen-bond donors (Lipinski definition) is 2. The number of benzene rings is 1. The molecule has 0 atom stereocenters. The molecule has 7 nitrogen and oxygen atoms in total. The fraction of sp³-hybridized carbons (Fsp3) is 0.421. The van der Waals surface area contributed by atoms with Crippen molar-refractivity contribution in [3.8, 4) is 5.75 Å². The van der Waals surface area contributed by atoms with Gasteiger partial charge in [0.15, 0.2) is 13.2 Å². The zero-order chi connectivity index (χ0) is 19.5. The van der Waals surface area contributed by atoms with Gasteiger partial charge in [0.25, 0.3) is 5.91 Å². The summed E-state index contributed by atoms with van der Waals surface area (Å²) in [7, 11) is 0. The van der Waals surface area contributed by atoms with E-state index in [1.807, 2.05) is 0 Å². The molecule has 0 heterocycles. The quantitative estimate of drug-likeness (QED) is 0.535. The van der Waals surface area contributed by atoms with Gasteiger partial charge in [0.05, 0.1) is 0 Å². The van der Waals surface area contributed by atoms with Crippen molar-refractivity contribution in [3.63, 3.8) is 0 Å². The molecule has 0 aromatic heterocycles. The third kappa shape index (κ3) is 8.35. The number of allylic oxidation sites excluding steroid dienone is 1. The maximum absolute atomic E-state index is 13.0. The van der Waals surface area contributed by atoms with Crippen LogP contribution in [-0.4, -0.2) is 37.7 Å². The molecular formula is C19H23FN2O5. The molecule has 3 amide bonds. The molecule has 1 aromatic rings. The van der Waals surface area contributed by atoms with Gasteiger partial charge < -0.3 is 14.8 Å². The number of carbonyl (C=O) groups excluding carboxylic acids is 3. The molecule has 2 N–H and O–H groups in total. The summed E-state index contributed by atoms with van der Waals surface area (Å²) in [5.74, 6) is -1.88. The molecule has 1 aromatic carbocycles.